The molecule has 2 N–H and O–H groups in total. The molecular weight excluding hydrogens is 118 g/mol. The summed E-state index contributed by atoms with van der Waals surface area (Å²) in [5, 5.41) is 18.7. The quantitative estimate of drug-likeness (QED) is 0.288. The van der Waals surface area contributed by atoms with Gasteiger partial charge in [0.1, 0.15) is 0 Å². The van der Waals surface area contributed by atoms with Gasteiger partial charge in [0.2, 0.25) is 0 Å². The van der Waals surface area contributed by atoms with Crippen molar-refractivity contribution in [1.82, 2.24) is 10.6 Å². The number of rotatable bonds is 3. The Bertz CT molecular complexity index is 47.2. The van der Waals surface area contributed by atoms with Crippen LogP contribution in [-0.2, 0) is 9.98 Å². The van der Waals surface area contributed by atoms with E-state index < -0.39 is 5.34 Å². The highest BCUT2D eigenvalue weighted by atomic mass is 17.4. The van der Waals surface area contributed by atoms with Crippen LogP contribution in [0.5, 0.6) is 0 Å². The molecule has 0 aliphatic carbocycles. The van der Waals surface area contributed by atoms with Gasteiger partial charge in [0.25, 0.3) is 0 Å². The van der Waals surface area contributed by atoms with Crippen molar-refractivity contribution in [1.29, 1.82) is 0 Å². The first-order chi connectivity index (χ1) is 3.63. The van der Waals surface area contributed by atoms with Gasteiger partial charge in [0.05, 0.1) is 0 Å². The largest absolute Gasteiger partial charge is 0.760 e. The minimum Gasteiger partial charge on any atom is -0.760 e. The second-order valence-electron chi connectivity index (χ2n) is 0.874. The lowest BCUT2D eigenvalue weighted by molar-refractivity contribution is -0.491. The maximum absolute atomic E-state index is 9.70. The molecule has 0 rings (SSSR count). The molecule has 0 aliphatic rings. The van der Waals surface area contributed by atoms with E-state index in [2.05, 4.69) is 15.8 Å². The van der Waals surface area contributed by atoms with Gasteiger partial charge in [-0.1, -0.05) is 0 Å². The second kappa shape index (κ2) is 3.69. The first-order valence-electron chi connectivity index (χ1n) is 1.60. The molecule has 7 heteroatoms. The highest BCUT2D eigenvalue weighted by molar-refractivity contribution is 4.19. The summed E-state index contributed by atoms with van der Waals surface area (Å²) in [6.07, 6.45) is 0. The van der Waals surface area contributed by atoms with E-state index in [1.165, 1.54) is 0 Å². The van der Waals surface area contributed by atoms with Crippen LogP contribution >= 0.6 is 0 Å². The van der Waals surface area contributed by atoms with E-state index in [1.54, 1.807) is 0 Å². The summed E-state index contributed by atoms with van der Waals surface area (Å²) >= 11 is 0. The van der Waals surface area contributed by atoms with Crippen molar-refractivity contribution in [2.75, 3.05) is 7.05 Å². The van der Waals surface area contributed by atoms with Crippen LogP contribution in [0.4, 0.5) is 0 Å². The molecule has 0 fully saturated rings. The molecular formula is CH5N3O4-2. The van der Waals surface area contributed by atoms with E-state index in [1.807, 2.05) is 0 Å². The predicted octanol–water partition coefficient (Wildman–Crippen LogP) is -1.13. The predicted molar refractivity (Wildman–Crippen MR) is 22.7 cm³/mol. The van der Waals surface area contributed by atoms with E-state index in [9.17, 15) is 10.4 Å². The van der Waals surface area contributed by atoms with Gasteiger partial charge in [-0.15, -0.1) is 9.98 Å². The summed E-state index contributed by atoms with van der Waals surface area (Å²) in [4.78, 5) is 7.04. The summed E-state index contributed by atoms with van der Waals surface area (Å²) in [5.74, 6) is 4.31. The second-order valence-corrected chi connectivity index (χ2v) is 0.874. The molecule has 0 aromatic rings. The van der Waals surface area contributed by atoms with Crippen molar-refractivity contribution in [3.8, 4) is 0 Å². The Morgan fingerprint density at radius 2 is 1.88 bits per heavy atom. The minimum absolute atomic E-state index is 0.0717. The van der Waals surface area contributed by atoms with Crippen LogP contribution in [0.25, 0.3) is 0 Å². The fourth-order valence-corrected chi connectivity index (χ4v) is 0.0798. The summed E-state index contributed by atoms with van der Waals surface area (Å²) in [6, 6.07) is 0. The van der Waals surface area contributed by atoms with E-state index in [0.29, 0.717) is 0 Å². The highest BCUT2D eigenvalue weighted by Crippen LogP contribution is 1.82. The van der Waals surface area contributed by atoms with Gasteiger partial charge in [-0.25, -0.2) is 5.23 Å². The third kappa shape index (κ3) is 5.72. The number of nitrogens with zero attached hydrogens (tertiary/aromatic N) is 2. The Morgan fingerprint density at radius 1 is 1.38 bits per heavy atom. The molecule has 0 spiro atoms. The molecule has 8 heavy (non-hydrogen) atoms. The van der Waals surface area contributed by atoms with E-state index >= 15 is 0 Å². The van der Waals surface area contributed by atoms with Gasteiger partial charge in [-0.2, -0.15) is 5.34 Å². The summed E-state index contributed by atoms with van der Waals surface area (Å²) in [7, 11) is 0.990. The molecule has 50 valence electrons. The molecule has 0 aromatic heterocycles. The lowest BCUT2D eigenvalue weighted by Crippen LogP contribution is -2.27. The maximum Gasteiger partial charge on any atom is 0.00223 e. The van der Waals surface area contributed by atoms with Crippen LogP contribution in [-0.4, -0.2) is 17.6 Å². The Balaban J connectivity index is 2.93. The smallest absolute Gasteiger partial charge is 0.00223 e. The molecule has 0 aromatic carbocycles. The summed E-state index contributed by atoms with van der Waals surface area (Å²) in [5.41, 5.74) is 0. The standard InChI is InChI=1S/CH5N3O4/c1-3(5)7-8-4(2)6/h2H2,1H3/q-2. The average Bonchev–Trinajstić information content (AvgIpc) is 1.61. The van der Waals surface area contributed by atoms with Crippen LogP contribution in [0.15, 0.2) is 0 Å². The molecule has 0 saturated carbocycles. The molecule has 0 atom stereocenters. The van der Waals surface area contributed by atoms with Crippen molar-refractivity contribution in [2.45, 2.75) is 0 Å². The summed E-state index contributed by atoms with van der Waals surface area (Å²) < 4.78 is 0. The lowest BCUT2D eigenvalue weighted by atomic mass is 11.5. The zero-order chi connectivity index (χ0) is 6.57. The first kappa shape index (κ1) is 7.72. The van der Waals surface area contributed by atoms with Crippen molar-refractivity contribution in [3.63, 3.8) is 0 Å². The molecule has 7 nitrogen and oxygen atoms in total. The van der Waals surface area contributed by atoms with Crippen LogP contribution < -0.4 is 5.84 Å². The van der Waals surface area contributed by atoms with Gasteiger partial charge < -0.3 is 10.4 Å². The topological polar surface area (TPSA) is 97.1 Å². The number of hydrogen-bond acceptors (Lipinski definition) is 7. The average molecular weight is 123 g/mol. The molecule has 0 radical (unpaired) electrons. The Kier molecular flexibility index (Phi) is 3.56. The van der Waals surface area contributed by atoms with Crippen LogP contribution in [0.3, 0.4) is 0 Å². The van der Waals surface area contributed by atoms with E-state index in [-0.39, 0.29) is 5.23 Å². The van der Waals surface area contributed by atoms with Gasteiger partial charge in [-0.05, 0) is 0 Å². The summed E-state index contributed by atoms with van der Waals surface area (Å²) in [6.45, 7) is 0. The third-order valence-electron chi connectivity index (χ3n) is 0.212. The number of hydrogen-bond donors (Lipinski definition) is 1. The highest BCUT2D eigenvalue weighted by Gasteiger charge is 1.80. The molecule has 0 bridgehead atoms. The molecule has 0 heterocycles. The van der Waals surface area contributed by atoms with Crippen molar-refractivity contribution in [2.24, 2.45) is 5.84 Å². The molecule has 0 unspecified atom stereocenters. The zero-order valence-electron chi connectivity index (χ0n) is 4.10. The normalized spacial score (nSPS) is 11.2. The number of hydroxylamine groups is 2. The third-order valence-corrected chi connectivity index (χ3v) is 0.212. The van der Waals surface area contributed by atoms with Crippen molar-refractivity contribution in [3.05, 3.63) is 10.4 Å². The van der Waals surface area contributed by atoms with Gasteiger partial charge in [-0.3, -0.25) is 5.84 Å². The van der Waals surface area contributed by atoms with E-state index in [4.69, 9.17) is 0 Å². The van der Waals surface area contributed by atoms with Gasteiger partial charge >= 0.3 is 0 Å². The van der Waals surface area contributed by atoms with Crippen molar-refractivity contribution >= 4 is 0 Å². The minimum atomic E-state index is -0.492. The van der Waals surface area contributed by atoms with Crippen LogP contribution in [0.1, 0.15) is 0 Å². The fourth-order valence-electron chi connectivity index (χ4n) is 0.0798. The number of nitrogens with two attached hydrogens (primary N) is 1. The molecule has 0 aliphatic heterocycles. The SMILES string of the molecule is CN([O-])OON(N)[O-]. The van der Waals surface area contributed by atoms with Crippen molar-refractivity contribution < 1.29 is 9.98 Å². The first-order valence-corrected chi connectivity index (χ1v) is 1.60. The van der Waals surface area contributed by atoms with Gasteiger partial charge in [0.15, 0.2) is 0 Å². The Labute approximate surface area is 45.1 Å². The Morgan fingerprint density at radius 3 is 2.00 bits per heavy atom. The molecule has 0 saturated heterocycles. The van der Waals surface area contributed by atoms with Gasteiger partial charge in [0, 0.05) is 7.05 Å². The lowest BCUT2D eigenvalue weighted by Gasteiger charge is -2.24. The molecule has 0 amide bonds. The number of hydrazine groups is 1. The van der Waals surface area contributed by atoms with Crippen LogP contribution in [0.2, 0.25) is 0 Å². The fraction of sp³-hybridized carbons (Fsp3) is 1.00. The zero-order valence-corrected chi connectivity index (χ0v) is 4.10. The monoisotopic (exact) mass is 123 g/mol. The van der Waals surface area contributed by atoms with Crippen LogP contribution in [0, 0.1) is 10.4 Å². The maximum atomic E-state index is 9.70. The van der Waals surface area contributed by atoms with E-state index in [0.717, 1.165) is 7.05 Å². The Hall–Kier alpha value is -0.280.